The highest BCUT2D eigenvalue weighted by Gasteiger charge is 2.36. The Bertz CT molecular complexity index is 1540. The average Bonchev–Trinajstić information content (AvgIpc) is 3.84. The van der Waals surface area contributed by atoms with Gasteiger partial charge in [0.05, 0.1) is 5.69 Å². The lowest BCUT2D eigenvalue weighted by Gasteiger charge is -2.26. The maximum absolute atomic E-state index is 13.0. The minimum Gasteiger partial charge on any atom is -0.368 e. The lowest BCUT2D eigenvalue weighted by atomic mass is 10.1. The molecule has 0 bridgehead atoms. The van der Waals surface area contributed by atoms with E-state index in [0.29, 0.717) is 43.9 Å². The molecule has 1 aromatic heterocycles. The minimum atomic E-state index is -0.657. The number of carbonyl (C=O) groups excluding carboxylic acids is 4. The van der Waals surface area contributed by atoms with Crippen LogP contribution in [0.2, 0.25) is 0 Å². The fourth-order valence-corrected chi connectivity index (χ4v) is 6.59. The van der Waals surface area contributed by atoms with Crippen LogP contribution in [0.1, 0.15) is 32.6 Å². The van der Waals surface area contributed by atoms with Crippen molar-refractivity contribution >= 4 is 46.3 Å². The molecule has 2 fully saturated rings. The number of nitrogens with zero attached hydrogens (tertiary/aromatic N) is 3. The minimum absolute atomic E-state index is 0.0804. The van der Waals surface area contributed by atoms with Crippen molar-refractivity contribution in [2.45, 2.75) is 50.8 Å². The van der Waals surface area contributed by atoms with Crippen molar-refractivity contribution in [2.75, 3.05) is 30.3 Å². The molecule has 2 aromatic carbocycles. The Balaban J connectivity index is 1.05. The molecule has 6 rings (SSSR count). The first-order valence-corrected chi connectivity index (χ1v) is 15.4. The lowest BCUT2D eigenvalue weighted by Crippen LogP contribution is -2.47. The summed E-state index contributed by atoms with van der Waals surface area (Å²) in [5, 5.41) is 8.67. The van der Waals surface area contributed by atoms with Crippen LogP contribution in [0.25, 0.3) is 21.8 Å². The number of nitrogens with one attached hydrogen (secondary N) is 2. The van der Waals surface area contributed by atoms with Crippen LogP contribution in [0.3, 0.4) is 0 Å². The summed E-state index contributed by atoms with van der Waals surface area (Å²) in [6.45, 7) is 3.09. The number of hydrogen-bond donors (Lipinski definition) is 2. The van der Waals surface area contributed by atoms with E-state index in [2.05, 4.69) is 10.6 Å². The number of rotatable bonds is 7. The first kappa shape index (κ1) is 28.8. The molecule has 2 saturated heterocycles. The predicted octanol–water partition coefficient (Wildman–Crippen LogP) is 4.31. The van der Waals surface area contributed by atoms with Crippen LogP contribution in [0.4, 0.5) is 11.4 Å². The number of ether oxygens (including phenoxy) is 1. The van der Waals surface area contributed by atoms with Gasteiger partial charge in [0, 0.05) is 54.5 Å². The van der Waals surface area contributed by atoms with Crippen LogP contribution in [0, 0.1) is 0 Å². The van der Waals surface area contributed by atoms with Gasteiger partial charge in [-0.25, -0.2) is 4.98 Å². The number of anilines is 2. The standard InChI is InChI=1S/C32H33N5O5S/c1-20(38)36-16-2-5-26(36)29(39)33-24-14-10-22(11-15-24)31-35-25(19-43-31)21-8-12-23(13-9-21)34-30(40)27-6-3-17-37(27)32(41)28-7-4-18-42-28/h3,6,8-15,19,26-28H,2,4-5,7,16-18H2,1H3,(H,33,39)(H,34,40)/t26-,27-,28+/m0/s1. The molecular weight excluding hydrogens is 566 g/mol. The van der Waals surface area contributed by atoms with Gasteiger partial charge < -0.3 is 25.2 Å². The summed E-state index contributed by atoms with van der Waals surface area (Å²) in [6, 6.07) is 13.9. The molecule has 4 heterocycles. The molecule has 3 aliphatic rings. The van der Waals surface area contributed by atoms with E-state index >= 15 is 0 Å². The van der Waals surface area contributed by atoms with E-state index in [-0.39, 0.29) is 23.6 Å². The molecule has 0 spiro atoms. The van der Waals surface area contributed by atoms with Crippen molar-refractivity contribution in [1.82, 2.24) is 14.8 Å². The van der Waals surface area contributed by atoms with Crippen LogP contribution in [0.5, 0.6) is 0 Å². The van der Waals surface area contributed by atoms with E-state index in [4.69, 9.17) is 9.72 Å². The van der Waals surface area contributed by atoms with Gasteiger partial charge in [0.15, 0.2) is 0 Å². The molecular formula is C32H33N5O5S. The molecule has 0 saturated carbocycles. The second-order valence-corrected chi connectivity index (χ2v) is 11.8. The van der Waals surface area contributed by atoms with E-state index in [9.17, 15) is 19.2 Å². The molecule has 10 nitrogen and oxygen atoms in total. The van der Waals surface area contributed by atoms with Gasteiger partial charge in [-0.3, -0.25) is 19.2 Å². The van der Waals surface area contributed by atoms with Crippen molar-refractivity contribution in [3.05, 3.63) is 66.1 Å². The average molecular weight is 600 g/mol. The number of aromatic nitrogens is 1. The summed E-state index contributed by atoms with van der Waals surface area (Å²) >= 11 is 1.52. The first-order chi connectivity index (χ1) is 20.9. The summed E-state index contributed by atoms with van der Waals surface area (Å²) in [5.41, 5.74) is 3.96. The van der Waals surface area contributed by atoms with E-state index in [1.807, 2.05) is 60.0 Å². The monoisotopic (exact) mass is 599 g/mol. The van der Waals surface area contributed by atoms with Gasteiger partial charge in [0.2, 0.25) is 11.8 Å². The Kier molecular flexibility index (Phi) is 8.35. The zero-order chi connectivity index (χ0) is 29.9. The number of thiazole rings is 1. The summed E-state index contributed by atoms with van der Waals surface area (Å²) in [4.78, 5) is 58.3. The highest BCUT2D eigenvalue weighted by molar-refractivity contribution is 7.13. The highest BCUT2D eigenvalue weighted by Crippen LogP contribution is 2.31. The molecule has 43 heavy (non-hydrogen) atoms. The zero-order valence-electron chi connectivity index (χ0n) is 23.8. The second kappa shape index (κ2) is 12.5. The third-order valence-electron chi connectivity index (χ3n) is 8.02. The van der Waals surface area contributed by atoms with E-state index in [1.165, 1.54) is 18.3 Å². The van der Waals surface area contributed by atoms with Crippen LogP contribution < -0.4 is 10.6 Å². The molecule has 3 aromatic rings. The Morgan fingerprint density at radius 1 is 0.884 bits per heavy atom. The van der Waals surface area contributed by atoms with Crippen molar-refractivity contribution < 1.29 is 23.9 Å². The highest BCUT2D eigenvalue weighted by atomic mass is 32.1. The van der Waals surface area contributed by atoms with Gasteiger partial charge in [0.1, 0.15) is 23.2 Å². The number of carbonyl (C=O) groups is 4. The van der Waals surface area contributed by atoms with Crippen LogP contribution in [-0.2, 0) is 23.9 Å². The molecule has 0 aliphatic carbocycles. The Morgan fingerprint density at radius 3 is 2.26 bits per heavy atom. The Labute approximate surface area is 253 Å². The van der Waals surface area contributed by atoms with Gasteiger partial charge >= 0.3 is 0 Å². The van der Waals surface area contributed by atoms with Crippen molar-refractivity contribution in [2.24, 2.45) is 0 Å². The predicted molar refractivity (Wildman–Crippen MR) is 164 cm³/mol. The third-order valence-corrected chi connectivity index (χ3v) is 8.92. The molecule has 0 radical (unpaired) electrons. The van der Waals surface area contributed by atoms with Gasteiger partial charge in [-0.1, -0.05) is 24.3 Å². The third kappa shape index (κ3) is 6.23. The van der Waals surface area contributed by atoms with Crippen LogP contribution in [0.15, 0.2) is 66.1 Å². The molecule has 4 amide bonds. The van der Waals surface area contributed by atoms with E-state index in [1.54, 1.807) is 15.9 Å². The van der Waals surface area contributed by atoms with Gasteiger partial charge in [-0.15, -0.1) is 11.3 Å². The fourth-order valence-electron chi connectivity index (χ4n) is 5.75. The largest absolute Gasteiger partial charge is 0.368 e. The first-order valence-electron chi connectivity index (χ1n) is 14.5. The molecule has 222 valence electrons. The number of hydrogen-bond acceptors (Lipinski definition) is 7. The molecule has 0 unspecified atom stereocenters. The smallest absolute Gasteiger partial charge is 0.252 e. The molecule has 3 atom stereocenters. The van der Waals surface area contributed by atoms with Crippen molar-refractivity contribution in [3.63, 3.8) is 0 Å². The zero-order valence-corrected chi connectivity index (χ0v) is 24.6. The molecule has 2 N–H and O–H groups in total. The van der Waals surface area contributed by atoms with Gasteiger partial charge in [-0.05, 0) is 62.1 Å². The lowest BCUT2D eigenvalue weighted by molar-refractivity contribution is -0.144. The fraction of sp³-hybridized carbons (Fsp3) is 0.344. The topological polar surface area (TPSA) is 121 Å². The Hall–Kier alpha value is -4.35. The SMILES string of the molecule is CC(=O)N1CCC[C@H]1C(=O)Nc1ccc(-c2nc(-c3ccc(NC(=O)[C@@H]4C=CCN4C(=O)[C@H]4CCCO4)cc3)cs2)cc1. The Morgan fingerprint density at radius 2 is 1.58 bits per heavy atom. The molecule has 3 aliphatic heterocycles. The second-order valence-electron chi connectivity index (χ2n) is 10.9. The van der Waals surface area contributed by atoms with E-state index < -0.39 is 18.2 Å². The van der Waals surface area contributed by atoms with Crippen LogP contribution >= 0.6 is 11.3 Å². The van der Waals surface area contributed by atoms with E-state index in [0.717, 1.165) is 34.7 Å². The summed E-state index contributed by atoms with van der Waals surface area (Å²) in [7, 11) is 0. The van der Waals surface area contributed by atoms with Crippen molar-refractivity contribution in [3.8, 4) is 21.8 Å². The van der Waals surface area contributed by atoms with Gasteiger partial charge in [-0.2, -0.15) is 0 Å². The number of likely N-dealkylation sites (tertiary alicyclic amines) is 1. The van der Waals surface area contributed by atoms with Crippen LogP contribution in [-0.4, -0.2) is 76.3 Å². The number of amides is 4. The van der Waals surface area contributed by atoms with Crippen molar-refractivity contribution in [1.29, 1.82) is 0 Å². The number of benzene rings is 2. The normalized spacial score (nSPS) is 21.3. The quantitative estimate of drug-likeness (QED) is 0.391. The maximum atomic E-state index is 13.0. The van der Waals surface area contributed by atoms with Gasteiger partial charge in [0.25, 0.3) is 11.8 Å². The summed E-state index contributed by atoms with van der Waals surface area (Å²) in [5.74, 6) is -0.645. The summed E-state index contributed by atoms with van der Waals surface area (Å²) < 4.78 is 5.52. The summed E-state index contributed by atoms with van der Waals surface area (Å²) in [6.07, 6.45) is 6.18. The maximum Gasteiger partial charge on any atom is 0.252 e. The molecule has 11 heteroatoms.